The van der Waals surface area contributed by atoms with Gasteiger partial charge in [-0.3, -0.25) is 4.79 Å². The molecule has 8 heteroatoms. The topological polar surface area (TPSA) is 72.2 Å². The number of aromatic nitrogens is 1. The third-order valence-electron chi connectivity index (χ3n) is 4.26. The number of thiazole rings is 1. The number of nitriles is 1. The molecule has 5 nitrogen and oxygen atoms in total. The number of hydrogen-bond donors (Lipinski definition) is 0. The van der Waals surface area contributed by atoms with E-state index in [-0.39, 0.29) is 11.1 Å². The first-order valence-corrected chi connectivity index (χ1v) is 9.36. The Morgan fingerprint density at radius 3 is 2.55 bits per heavy atom. The van der Waals surface area contributed by atoms with Gasteiger partial charge >= 0.3 is 0 Å². The second kappa shape index (κ2) is 8.80. The van der Waals surface area contributed by atoms with Crippen LogP contribution in [0, 0.1) is 11.3 Å². The molecule has 0 saturated heterocycles. The molecule has 2 aromatic carbocycles. The van der Waals surface area contributed by atoms with Gasteiger partial charge < -0.3 is 9.47 Å². The maximum Gasteiger partial charge on any atom is 0.263 e. The van der Waals surface area contributed by atoms with Gasteiger partial charge in [-0.05, 0) is 24.3 Å². The number of rotatable bonds is 7. The highest BCUT2D eigenvalue weighted by Gasteiger charge is 2.26. The third-order valence-corrected chi connectivity index (χ3v) is 5.17. The zero-order valence-corrected chi connectivity index (χ0v) is 16.4. The van der Waals surface area contributed by atoms with Gasteiger partial charge in [-0.15, -0.1) is 11.3 Å². The highest BCUT2D eigenvalue weighted by Crippen LogP contribution is 2.34. The fourth-order valence-electron chi connectivity index (χ4n) is 2.77. The van der Waals surface area contributed by atoms with Gasteiger partial charge in [0.05, 0.1) is 26.0 Å². The summed E-state index contributed by atoms with van der Waals surface area (Å²) in [7, 11) is 3.05. The standard InChI is InChI=1S/C21H16F2N2O3S/c1-27-17-7-6-12(9-18(17)28-2)16-11-29-21(25-16)15(10-24)19(26)13-4-3-5-14(8-13)20(22)23/h3-9,11,15,20H,1-2H3. The van der Waals surface area contributed by atoms with Crippen LogP contribution in [0.2, 0.25) is 0 Å². The van der Waals surface area contributed by atoms with Crippen LogP contribution in [0.5, 0.6) is 11.5 Å². The van der Waals surface area contributed by atoms with Gasteiger partial charge in [0.1, 0.15) is 5.01 Å². The number of methoxy groups -OCH3 is 2. The zero-order chi connectivity index (χ0) is 21.0. The third kappa shape index (κ3) is 4.25. The fraction of sp³-hybridized carbons (Fsp3) is 0.190. The summed E-state index contributed by atoms with van der Waals surface area (Å²) >= 11 is 1.16. The molecular formula is C21H16F2N2O3S. The average Bonchev–Trinajstić information content (AvgIpc) is 3.23. The lowest BCUT2D eigenvalue weighted by Crippen LogP contribution is -2.11. The van der Waals surface area contributed by atoms with Crippen molar-refractivity contribution < 1.29 is 23.0 Å². The maximum absolute atomic E-state index is 12.9. The van der Waals surface area contributed by atoms with Crippen molar-refractivity contribution in [3.8, 4) is 28.8 Å². The van der Waals surface area contributed by atoms with Gasteiger partial charge in [0.25, 0.3) is 6.43 Å². The Morgan fingerprint density at radius 2 is 1.90 bits per heavy atom. The molecule has 29 heavy (non-hydrogen) atoms. The number of carbonyl (C=O) groups is 1. The molecule has 1 unspecified atom stereocenters. The van der Waals surface area contributed by atoms with Gasteiger partial charge in [-0.2, -0.15) is 5.26 Å². The molecule has 0 aliphatic heterocycles. The van der Waals surface area contributed by atoms with Gasteiger partial charge in [-0.1, -0.05) is 18.2 Å². The lowest BCUT2D eigenvalue weighted by atomic mass is 9.98. The summed E-state index contributed by atoms with van der Waals surface area (Å²) in [5.41, 5.74) is 1.09. The fourth-order valence-corrected chi connectivity index (χ4v) is 3.64. The van der Waals surface area contributed by atoms with Crippen molar-refractivity contribution in [2.75, 3.05) is 14.2 Å². The molecule has 0 aliphatic rings. The predicted molar refractivity (Wildman–Crippen MR) is 105 cm³/mol. The molecule has 0 spiro atoms. The van der Waals surface area contributed by atoms with E-state index >= 15 is 0 Å². The van der Waals surface area contributed by atoms with E-state index in [2.05, 4.69) is 4.98 Å². The van der Waals surface area contributed by atoms with Crippen molar-refractivity contribution in [3.63, 3.8) is 0 Å². The van der Waals surface area contributed by atoms with Crippen LogP contribution in [0.1, 0.15) is 33.3 Å². The number of alkyl halides is 2. The molecule has 0 bridgehead atoms. The second-order valence-corrected chi connectivity index (χ2v) is 6.88. The number of Topliss-reactive ketones (excluding diaryl/α,β-unsaturated/α-hetero) is 1. The molecule has 0 fully saturated rings. The summed E-state index contributed by atoms with van der Waals surface area (Å²) in [5.74, 6) is -0.656. The monoisotopic (exact) mass is 414 g/mol. The Morgan fingerprint density at radius 1 is 1.14 bits per heavy atom. The van der Waals surface area contributed by atoms with E-state index in [0.717, 1.165) is 23.0 Å². The summed E-state index contributed by atoms with van der Waals surface area (Å²) in [6.45, 7) is 0. The molecule has 1 atom stereocenters. The minimum absolute atomic E-state index is 0.0530. The van der Waals surface area contributed by atoms with E-state index in [1.165, 1.54) is 32.4 Å². The normalized spacial score (nSPS) is 11.7. The van der Waals surface area contributed by atoms with E-state index in [1.54, 1.807) is 23.6 Å². The molecule has 0 amide bonds. The van der Waals surface area contributed by atoms with Crippen LogP contribution in [-0.4, -0.2) is 25.0 Å². The lowest BCUT2D eigenvalue weighted by Gasteiger charge is -2.09. The Bertz CT molecular complexity index is 1080. The Labute approximate surface area is 170 Å². The first kappa shape index (κ1) is 20.4. The van der Waals surface area contributed by atoms with Crippen LogP contribution in [0.4, 0.5) is 8.78 Å². The Kier molecular flexibility index (Phi) is 6.20. The van der Waals surface area contributed by atoms with Crippen molar-refractivity contribution in [1.82, 2.24) is 4.98 Å². The smallest absolute Gasteiger partial charge is 0.263 e. The minimum atomic E-state index is -2.69. The average molecular weight is 414 g/mol. The number of halogens is 2. The number of ether oxygens (including phenoxy) is 2. The van der Waals surface area contributed by atoms with Crippen LogP contribution < -0.4 is 9.47 Å². The predicted octanol–water partition coefficient (Wildman–Crippen LogP) is 5.25. The summed E-state index contributed by atoms with van der Waals surface area (Å²) in [6.07, 6.45) is -2.69. The van der Waals surface area contributed by atoms with Crippen LogP contribution in [0.25, 0.3) is 11.3 Å². The number of carbonyl (C=O) groups excluding carboxylic acids is 1. The van der Waals surface area contributed by atoms with Gasteiger partial charge in [-0.25, -0.2) is 13.8 Å². The Hall–Kier alpha value is -3.31. The number of benzene rings is 2. The summed E-state index contributed by atoms with van der Waals surface area (Å²) < 4.78 is 36.3. The van der Waals surface area contributed by atoms with Gasteiger partial charge in [0.2, 0.25) is 0 Å². The molecule has 3 aromatic rings. The number of nitrogens with zero attached hydrogens (tertiary/aromatic N) is 2. The highest BCUT2D eigenvalue weighted by molar-refractivity contribution is 7.10. The zero-order valence-electron chi connectivity index (χ0n) is 15.6. The Balaban J connectivity index is 1.91. The molecule has 1 heterocycles. The van der Waals surface area contributed by atoms with Crippen LogP contribution >= 0.6 is 11.3 Å². The van der Waals surface area contributed by atoms with Crippen molar-refractivity contribution in [3.05, 3.63) is 64.0 Å². The van der Waals surface area contributed by atoms with Gasteiger partial charge in [0.15, 0.2) is 23.2 Å². The van der Waals surface area contributed by atoms with E-state index in [1.807, 2.05) is 6.07 Å². The van der Waals surface area contributed by atoms with Crippen molar-refractivity contribution in [2.24, 2.45) is 0 Å². The van der Waals surface area contributed by atoms with Crippen LogP contribution in [0.15, 0.2) is 47.8 Å². The van der Waals surface area contributed by atoms with Crippen molar-refractivity contribution in [1.29, 1.82) is 5.26 Å². The van der Waals surface area contributed by atoms with E-state index in [9.17, 15) is 18.8 Å². The molecule has 148 valence electrons. The van der Waals surface area contributed by atoms with E-state index in [0.29, 0.717) is 22.2 Å². The largest absolute Gasteiger partial charge is 0.493 e. The van der Waals surface area contributed by atoms with E-state index < -0.39 is 18.1 Å². The minimum Gasteiger partial charge on any atom is -0.493 e. The summed E-state index contributed by atoms with van der Waals surface area (Å²) in [5, 5.41) is 11.6. The number of hydrogen-bond acceptors (Lipinski definition) is 6. The lowest BCUT2D eigenvalue weighted by molar-refractivity contribution is 0.0978. The second-order valence-electron chi connectivity index (χ2n) is 5.99. The summed E-state index contributed by atoms with van der Waals surface area (Å²) in [4.78, 5) is 17.2. The molecule has 0 aliphatic carbocycles. The molecular weight excluding hydrogens is 398 g/mol. The maximum atomic E-state index is 12.9. The van der Waals surface area contributed by atoms with Crippen molar-refractivity contribution in [2.45, 2.75) is 12.3 Å². The molecule has 1 aromatic heterocycles. The van der Waals surface area contributed by atoms with Crippen LogP contribution in [0.3, 0.4) is 0 Å². The van der Waals surface area contributed by atoms with E-state index in [4.69, 9.17) is 9.47 Å². The van der Waals surface area contributed by atoms with Gasteiger partial charge in [0, 0.05) is 22.1 Å². The van der Waals surface area contributed by atoms with Crippen LogP contribution in [-0.2, 0) is 0 Å². The number of ketones is 1. The van der Waals surface area contributed by atoms with Crippen molar-refractivity contribution >= 4 is 17.1 Å². The summed E-state index contributed by atoms with van der Waals surface area (Å²) in [6, 6.07) is 12.3. The first-order chi connectivity index (χ1) is 14.0. The molecule has 0 N–H and O–H groups in total. The highest BCUT2D eigenvalue weighted by atomic mass is 32.1. The SMILES string of the molecule is COc1ccc(-c2csc(C(C#N)C(=O)c3cccc(C(F)F)c3)n2)cc1OC. The quantitative estimate of drug-likeness (QED) is 0.494. The molecule has 0 radical (unpaired) electrons. The molecule has 0 saturated carbocycles. The molecule has 3 rings (SSSR count). The first-order valence-electron chi connectivity index (χ1n) is 8.48.